The summed E-state index contributed by atoms with van der Waals surface area (Å²) < 4.78 is 5.81. The van der Waals surface area contributed by atoms with Crippen LogP contribution in [-0.2, 0) is 4.79 Å². The van der Waals surface area contributed by atoms with Crippen molar-refractivity contribution in [1.82, 2.24) is 0 Å². The molecule has 142 valence electrons. The molecule has 0 aliphatic heterocycles. The number of ketones is 1. The highest BCUT2D eigenvalue weighted by atomic mass is 35.5. The van der Waals surface area contributed by atoms with Crippen LogP contribution in [-0.4, -0.2) is 23.0 Å². The third-order valence-corrected chi connectivity index (χ3v) is 6.00. The third kappa shape index (κ3) is 4.19. The van der Waals surface area contributed by atoms with E-state index in [1.165, 1.54) is 6.07 Å². The summed E-state index contributed by atoms with van der Waals surface area (Å²) in [5.74, 6) is -1.40. The van der Waals surface area contributed by atoms with E-state index in [1.807, 2.05) is 0 Å². The highest BCUT2D eigenvalue weighted by molar-refractivity contribution is 6.47. The standard InChI is InChI=1S/C19H14Cl4O4/c20-12-2-1-3-13(21)15(12)18(24)11-6-7-14(17(23)16(11)22)27-10-5-4-9(8-10)19(25)26/h1-3,6-7,9-10H,4-5,8H2,(H,25,26)/t9-,10-/m0/s1. The van der Waals surface area contributed by atoms with Crippen molar-refractivity contribution in [2.45, 2.75) is 25.4 Å². The predicted octanol–water partition coefficient (Wildman–Crippen LogP) is 6.16. The van der Waals surface area contributed by atoms with Gasteiger partial charge in [-0.1, -0.05) is 52.5 Å². The summed E-state index contributed by atoms with van der Waals surface area (Å²) in [6.45, 7) is 0. The van der Waals surface area contributed by atoms with Crippen molar-refractivity contribution in [3.8, 4) is 5.75 Å². The molecule has 1 aliphatic rings. The molecule has 27 heavy (non-hydrogen) atoms. The lowest BCUT2D eigenvalue weighted by molar-refractivity contribution is -0.141. The van der Waals surface area contributed by atoms with Gasteiger partial charge in [-0.25, -0.2) is 0 Å². The van der Waals surface area contributed by atoms with Gasteiger partial charge in [0.2, 0.25) is 0 Å². The second-order valence-corrected chi connectivity index (χ2v) is 7.82. The van der Waals surface area contributed by atoms with Crippen LogP contribution in [0.1, 0.15) is 35.2 Å². The first kappa shape index (κ1) is 20.3. The van der Waals surface area contributed by atoms with Gasteiger partial charge in [-0.3, -0.25) is 9.59 Å². The van der Waals surface area contributed by atoms with Gasteiger partial charge < -0.3 is 9.84 Å². The fourth-order valence-corrected chi connectivity index (χ4v) is 4.12. The van der Waals surface area contributed by atoms with Gasteiger partial charge >= 0.3 is 5.97 Å². The average Bonchev–Trinajstić information content (AvgIpc) is 3.08. The van der Waals surface area contributed by atoms with Crippen LogP contribution in [0.25, 0.3) is 0 Å². The lowest BCUT2D eigenvalue weighted by Gasteiger charge is -2.16. The van der Waals surface area contributed by atoms with Crippen molar-refractivity contribution in [1.29, 1.82) is 0 Å². The Hall–Kier alpha value is -1.46. The number of aliphatic carboxylic acids is 1. The molecule has 2 aromatic carbocycles. The smallest absolute Gasteiger partial charge is 0.306 e. The summed E-state index contributed by atoms with van der Waals surface area (Å²) in [6.07, 6.45) is 1.30. The number of carboxylic acids is 1. The van der Waals surface area contributed by atoms with Crippen LogP contribution >= 0.6 is 46.4 Å². The third-order valence-electron chi connectivity index (χ3n) is 4.51. The van der Waals surface area contributed by atoms with Gasteiger partial charge in [-0.05, 0) is 43.5 Å². The minimum Gasteiger partial charge on any atom is -0.489 e. The van der Waals surface area contributed by atoms with Gasteiger partial charge in [0.1, 0.15) is 10.8 Å². The lowest BCUT2D eigenvalue weighted by atomic mass is 10.0. The van der Waals surface area contributed by atoms with Crippen molar-refractivity contribution < 1.29 is 19.4 Å². The van der Waals surface area contributed by atoms with Gasteiger partial charge in [-0.15, -0.1) is 0 Å². The van der Waals surface area contributed by atoms with Crippen molar-refractivity contribution >= 4 is 58.2 Å². The van der Waals surface area contributed by atoms with Gasteiger partial charge in [0, 0.05) is 5.56 Å². The van der Waals surface area contributed by atoms with Crippen LogP contribution in [0.15, 0.2) is 30.3 Å². The summed E-state index contributed by atoms with van der Waals surface area (Å²) in [7, 11) is 0. The van der Waals surface area contributed by atoms with E-state index in [-0.39, 0.29) is 37.3 Å². The molecule has 2 aromatic rings. The maximum absolute atomic E-state index is 12.8. The minimum atomic E-state index is -0.831. The topological polar surface area (TPSA) is 63.6 Å². The van der Waals surface area contributed by atoms with Crippen LogP contribution in [0.2, 0.25) is 20.1 Å². The SMILES string of the molecule is O=C(c1ccc(O[C@H]2CC[C@H](C(=O)O)C2)c(Cl)c1Cl)c1c(Cl)cccc1Cl. The van der Waals surface area contributed by atoms with Crippen LogP contribution in [0.4, 0.5) is 0 Å². The van der Waals surface area contributed by atoms with Crippen molar-refractivity contribution in [2.24, 2.45) is 5.92 Å². The maximum Gasteiger partial charge on any atom is 0.306 e. The molecule has 0 spiro atoms. The number of ether oxygens (including phenoxy) is 1. The fraction of sp³-hybridized carbons (Fsp3) is 0.263. The Bertz CT molecular complexity index is 893. The highest BCUT2D eigenvalue weighted by Crippen LogP contribution is 2.39. The van der Waals surface area contributed by atoms with E-state index in [2.05, 4.69) is 0 Å². The molecule has 1 aliphatic carbocycles. The number of carboxylic acid groups (broad SMARTS) is 1. The van der Waals surface area contributed by atoms with Crippen LogP contribution in [0.3, 0.4) is 0 Å². The summed E-state index contributed by atoms with van der Waals surface area (Å²) >= 11 is 24.8. The van der Waals surface area contributed by atoms with Crippen molar-refractivity contribution in [3.05, 3.63) is 61.5 Å². The first-order valence-electron chi connectivity index (χ1n) is 8.15. The average molecular weight is 448 g/mol. The summed E-state index contributed by atoms with van der Waals surface area (Å²) in [6, 6.07) is 7.80. The second-order valence-electron chi connectivity index (χ2n) is 6.25. The molecule has 8 heteroatoms. The molecule has 0 saturated heterocycles. The molecule has 0 heterocycles. The van der Waals surface area contributed by atoms with E-state index in [1.54, 1.807) is 24.3 Å². The molecule has 1 fully saturated rings. The van der Waals surface area contributed by atoms with Gasteiger partial charge in [0.15, 0.2) is 5.78 Å². The zero-order valence-corrected chi connectivity index (χ0v) is 16.9. The quantitative estimate of drug-likeness (QED) is 0.557. The zero-order chi connectivity index (χ0) is 19.7. The normalized spacial score (nSPS) is 19.1. The Labute approximate surface area is 175 Å². The Morgan fingerprint density at radius 1 is 0.963 bits per heavy atom. The van der Waals surface area contributed by atoms with Crippen molar-refractivity contribution in [3.63, 3.8) is 0 Å². The molecule has 0 unspecified atom stereocenters. The summed E-state index contributed by atoms with van der Waals surface area (Å²) in [5.41, 5.74) is 0.298. The molecule has 4 nitrogen and oxygen atoms in total. The minimum absolute atomic E-state index is 0.0305. The molecule has 0 radical (unpaired) electrons. The summed E-state index contributed by atoms with van der Waals surface area (Å²) in [4.78, 5) is 23.9. The summed E-state index contributed by atoms with van der Waals surface area (Å²) in [5, 5.41) is 9.63. The van der Waals surface area contributed by atoms with E-state index in [4.69, 9.17) is 56.2 Å². The molecule has 1 N–H and O–H groups in total. The molecule has 3 rings (SSSR count). The second kappa shape index (κ2) is 8.27. The molecule has 2 atom stereocenters. The molecular weight excluding hydrogens is 434 g/mol. The maximum atomic E-state index is 12.8. The molecule has 0 bridgehead atoms. The molecule has 1 saturated carbocycles. The first-order chi connectivity index (χ1) is 12.8. The van der Waals surface area contributed by atoms with Gasteiger partial charge in [0.05, 0.1) is 32.7 Å². The van der Waals surface area contributed by atoms with Crippen LogP contribution < -0.4 is 4.74 Å². The number of benzene rings is 2. The van der Waals surface area contributed by atoms with E-state index in [0.717, 1.165) is 0 Å². The number of hydrogen-bond acceptors (Lipinski definition) is 3. The zero-order valence-electron chi connectivity index (χ0n) is 13.8. The Balaban J connectivity index is 1.85. The largest absolute Gasteiger partial charge is 0.489 e. The van der Waals surface area contributed by atoms with E-state index < -0.39 is 17.7 Å². The molecule has 0 amide bonds. The number of hydrogen-bond donors (Lipinski definition) is 1. The first-order valence-corrected chi connectivity index (χ1v) is 9.67. The van der Waals surface area contributed by atoms with Crippen LogP contribution in [0.5, 0.6) is 5.75 Å². The van der Waals surface area contributed by atoms with E-state index in [9.17, 15) is 9.59 Å². The number of halogens is 4. The Morgan fingerprint density at radius 2 is 1.63 bits per heavy atom. The number of rotatable bonds is 5. The monoisotopic (exact) mass is 446 g/mol. The fourth-order valence-electron chi connectivity index (χ4n) is 3.10. The molecular formula is C19H14Cl4O4. The highest BCUT2D eigenvalue weighted by Gasteiger charge is 2.32. The van der Waals surface area contributed by atoms with E-state index in [0.29, 0.717) is 25.0 Å². The van der Waals surface area contributed by atoms with Crippen molar-refractivity contribution in [2.75, 3.05) is 0 Å². The molecule has 0 aromatic heterocycles. The van der Waals surface area contributed by atoms with Crippen LogP contribution in [0, 0.1) is 5.92 Å². The van der Waals surface area contributed by atoms with Gasteiger partial charge in [0.25, 0.3) is 0 Å². The van der Waals surface area contributed by atoms with Gasteiger partial charge in [-0.2, -0.15) is 0 Å². The number of carbonyl (C=O) groups is 2. The Kier molecular flexibility index (Phi) is 6.21. The number of carbonyl (C=O) groups excluding carboxylic acids is 1. The van der Waals surface area contributed by atoms with E-state index >= 15 is 0 Å². The lowest BCUT2D eigenvalue weighted by Crippen LogP contribution is -2.16. The predicted molar refractivity (Wildman–Crippen MR) is 106 cm³/mol. The Morgan fingerprint density at radius 3 is 2.22 bits per heavy atom.